The van der Waals surface area contributed by atoms with Crippen LogP contribution in [0.4, 0.5) is 5.69 Å². The first-order valence-electron chi connectivity index (χ1n) is 6.50. The van der Waals surface area contributed by atoms with E-state index < -0.39 is 0 Å². The third-order valence-electron chi connectivity index (χ3n) is 3.31. The standard InChI is InChI=1S/C13H21N3O2/c1-3-5-16-8-10(14)7-12(16)13(17)15-11-4-6-18-9(11)2/h7-9,11H,3-6,14H2,1-2H3,(H,15,17). The molecule has 0 bridgehead atoms. The maximum atomic E-state index is 12.2. The highest BCUT2D eigenvalue weighted by Gasteiger charge is 2.26. The first-order chi connectivity index (χ1) is 8.61. The molecule has 1 aromatic heterocycles. The molecule has 2 heterocycles. The second kappa shape index (κ2) is 5.44. The zero-order valence-corrected chi connectivity index (χ0v) is 11.0. The Balaban J connectivity index is 2.08. The number of nitrogens with zero attached hydrogens (tertiary/aromatic N) is 1. The normalized spacial score (nSPS) is 23.2. The minimum atomic E-state index is -0.0671. The summed E-state index contributed by atoms with van der Waals surface area (Å²) in [7, 11) is 0. The lowest BCUT2D eigenvalue weighted by atomic mass is 10.1. The Kier molecular flexibility index (Phi) is 3.91. The molecule has 1 aromatic rings. The average Bonchev–Trinajstić information content (AvgIpc) is 2.87. The molecule has 5 heteroatoms. The van der Waals surface area contributed by atoms with Crippen molar-refractivity contribution in [3.05, 3.63) is 18.0 Å². The van der Waals surface area contributed by atoms with Crippen molar-refractivity contribution in [2.45, 2.75) is 45.4 Å². The highest BCUT2D eigenvalue weighted by Crippen LogP contribution is 2.15. The van der Waals surface area contributed by atoms with Gasteiger partial charge in [-0.1, -0.05) is 6.92 Å². The van der Waals surface area contributed by atoms with Crippen LogP contribution in [0.15, 0.2) is 12.3 Å². The van der Waals surface area contributed by atoms with Crippen LogP contribution in [0.5, 0.6) is 0 Å². The van der Waals surface area contributed by atoms with E-state index in [2.05, 4.69) is 12.2 Å². The third-order valence-corrected chi connectivity index (χ3v) is 3.31. The molecule has 1 aliphatic rings. The number of hydrogen-bond acceptors (Lipinski definition) is 3. The number of nitrogen functional groups attached to an aromatic ring is 1. The van der Waals surface area contributed by atoms with Gasteiger partial charge in [0.25, 0.3) is 5.91 Å². The molecule has 1 aliphatic heterocycles. The first kappa shape index (κ1) is 13.0. The third kappa shape index (κ3) is 2.67. The van der Waals surface area contributed by atoms with Gasteiger partial charge in [0.1, 0.15) is 5.69 Å². The molecule has 1 amide bonds. The van der Waals surface area contributed by atoms with Crippen LogP contribution < -0.4 is 11.1 Å². The second-order valence-corrected chi connectivity index (χ2v) is 4.80. The lowest BCUT2D eigenvalue weighted by Crippen LogP contribution is -2.39. The van der Waals surface area contributed by atoms with Crippen LogP contribution >= 0.6 is 0 Å². The summed E-state index contributed by atoms with van der Waals surface area (Å²) < 4.78 is 7.35. The largest absolute Gasteiger partial charge is 0.397 e. The number of rotatable bonds is 4. The quantitative estimate of drug-likeness (QED) is 0.849. The van der Waals surface area contributed by atoms with E-state index >= 15 is 0 Å². The second-order valence-electron chi connectivity index (χ2n) is 4.80. The Morgan fingerprint density at radius 1 is 1.67 bits per heavy atom. The van der Waals surface area contributed by atoms with E-state index in [1.165, 1.54) is 0 Å². The number of carbonyl (C=O) groups excluding carboxylic acids is 1. The smallest absolute Gasteiger partial charge is 0.268 e. The molecule has 2 rings (SSSR count). The fourth-order valence-corrected chi connectivity index (χ4v) is 2.31. The van der Waals surface area contributed by atoms with Gasteiger partial charge in [-0.05, 0) is 25.8 Å². The highest BCUT2D eigenvalue weighted by atomic mass is 16.5. The SMILES string of the molecule is CCCn1cc(N)cc1C(=O)NC1CCOC1C. The van der Waals surface area contributed by atoms with Crippen molar-refractivity contribution in [3.8, 4) is 0 Å². The first-order valence-corrected chi connectivity index (χ1v) is 6.50. The van der Waals surface area contributed by atoms with Crippen molar-refractivity contribution in [2.24, 2.45) is 0 Å². The Labute approximate surface area is 107 Å². The van der Waals surface area contributed by atoms with E-state index in [9.17, 15) is 4.79 Å². The van der Waals surface area contributed by atoms with Gasteiger partial charge in [0.2, 0.25) is 0 Å². The molecular formula is C13H21N3O2. The van der Waals surface area contributed by atoms with Gasteiger partial charge in [-0.3, -0.25) is 4.79 Å². The van der Waals surface area contributed by atoms with E-state index in [0.29, 0.717) is 18.0 Å². The topological polar surface area (TPSA) is 69.3 Å². The highest BCUT2D eigenvalue weighted by molar-refractivity contribution is 5.94. The van der Waals surface area contributed by atoms with Crippen LogP contribution in [0.2, 0.25) is 0 Å². The monoisotopic (exact) mass is 251 g/mol. The van der Waals surface area contributed by atoms with Crippen molar-refractivity contribution in [3.63, 3.8) is 0 Å². The summed E-state index contributed by atoms with van der Waals surface area (Å²) in [5.74, 6) is -0.0671. The van der Waals surface area contributed by atoms with Gasteiger partial charge < -0.3 is 20.4 Å². The van der Waals surface area contributed by atoms with Gasteiger partial charge in [-0.15, -0.1) is 0 Å². The maximum absolute atomic E-state index is 12.2. The lowest BCUT2D eigenvalue weighted by molar-refractivity contribution is 0.0858. The summed E-state index contributed by atoms with van der Waals surface area (Å²) in [6.07, 6.45) is 3.74. The number of anilines is 1. The van der Waals surface area contributed by atoms with Gasteiger partial charge in [-0.25, -0.2) is 0 Å². The van der Waals surface area contributed by atoms with Crippen LogP contribution in [-0.2, 0) is 11.3 Å². The minimum Gasteiger partial charge on any atom is -0.397 e. The molecule has 18 heavy (non-hydrogen) atoms. The molecule has 0 saturated carbocycles. The average molecular weight is 251 g/mol. The van der Waals surface area contributed by atoms with Crippen LogP contribution in [0.1, 0.15) is 37.2 Å². The predicted octanol–water partition coefficient (Wildman–Crippen LogP) is 1.39. The van der Waals surface area contributed by atoms with Gasteiger partial charge in [0.05, 0.1) is 17.8 Å². The van der Waals surface area contributed by atoms with Crippen molar-refractivity contribution in [1.29, 1.82) is 0 Å². The number of amides is 1. The predicted molar refractivity (Wildman–Crippen MR) is 70.4 cm³/mol. The number of nitrogens with two attached hydrogens (primary N) is 1. The molecule has 0 aromatic carbocycles. The number of aryl methyl sites for hydroxylation is 1. The zero-order chi connectivity index (χ0) is 13.1. The van der Waals surface area contributed by atoms with E-state index in [1.807, 2.05) is 17.7 Å². The Bertz CT molecular complexity index is 428. The summed E-state index contributed by atoms with van der Waals surface area (Å²) >= 11 is 0. The molecule has 2 atom stereocenters. The Hall–Kier alpha value is -1.49. The lowest BCUT2D eigenvalue weighted by Gasteiger charge is -2.16. The molecule has 1 saturated heterocycles. The summed E-state index contributed by atoms with van der Waals surface area (Å²) in [5.41, 5.74) is 7.02. The van der Waals surface area contributed by atoms with Gasteiger partial charge in [0.15, 0.2) is 0 Å². The molecule has 1 fully saturated rings. The molecule has 0 aliphatic carbocycles. The van der Waals surface area contributed by atoms with Gasteiger partial charge >= 0.3 is 0 Å². The molecule has 0 spiro atoms. The number of aromatic nitrogens is 1. The number of nitrogens with one attached hydrogen (secondary N) is 1. The van der Waals surface area contributed by atoms with Gasteiger partial charge in [-0.2, -0.15) is 0 Å². The van der Waals surface area contributed by atoms with Crippen LogP contribution in [0.3, 0.4) is 0 Å². The van der Waals surface area contributed by atoms with Crippen molar-refractivity contribution in [2.75, 3.05) is 12.3 Å². The minimum absolute atomic E-state index is 0.0671. The van der Waals surface area contributed by atoms with E-state index in [-0.39, 0.29) is 18.1 Å². The van der Waals surface area contributed by atoms with Crippen molar-refractivity contribution < 1.29 is 9.53 Å². The molecule has 100 valence electrons. The van der Waals surface area contributed by atoms with E-state index in [4.69, 9.17) is 10.5 Å². The Morgan fingerprint density at radius 3 is 3.06 bits per heavy atom. The molecule has 0 radical (unpaired) electrons. The molecular weight excluding hydrogens is 230 g/mol. The number of carbonyl (C=O) groups is 1. The van der Waals surface area contributed by atoms with Crippen molar-refractivity contribution >= 4 is 11.6 Å². The summed E-state index contributed by atoms with van der Waals surface area (Å²) in [5, 5.41) is 3.02. The molecule has 5 nitrogen and oxygen atoms in total. The van der Waals surface area contributed by atoms with Crippen molar-refractivity contribution in [1.82, 2.24) is 9.88 Å². The summed E-state index contributed by atoms with van der Waals surface area (Å²) in [4.78, 5) is 12.2. The summed E-state index contributed by atoms with van der Waals surface area (Å²) in [6.45, 7) is 5.57. The van der Waals surface area contributed by atoms with Crippen LogP contribution in [0.25, 0.3) is 0 Å². The fourth-order valence-electron chi connectivity index (χ4n) is 2.31. The summed E-state index contributed by atoms with van der Waals surface area (Å²) in [6, 6.07) is 1.83. The van der Waals surface area contributed by atoms with Gasteiger partial charge in [0, 0.05) is 19.3 Å². The fraction of sp³-hybridized carbons (Fsp3) is 0.615. The van der Waals surface area contributed by atoms with E-state index in [0.717, 1.165) is 19.4 Å². The number of ether oxygens (including phenoxy) is 1. The molecule has 2 unspecified atom stereocenters. The molecule has 3 N–H and O–H groups in total. The van der Waals surface area contributed by atoms with E-state index in [1.54, 1.807) is 6.07 Å². The number of hydrogen-bond donors (Lipinski definition) is 2. The van der Waals surface area contributed by atoms with Crippen LogP contribution in [0, 0.1) is 0 Å². The zero-order valence-electron chi connectivity index (χ0n) is 11.0. The Morgan fingerprint density at radius 2 is 2.44 bits per heavy atom. The van der Waals surface area contributed by atoms with Crippen LogP contribution in [-0.4, -0.2) is 29.2 Å². The maximum Gasteiger partial charge on any atom is 0.268 e.